The molecule has 0 radical (unpaired) electrons. The van der Waals surface area contributed by atoms with Gasteiger partial charge in [-0.05, 0) is 36.4 Å². The summed E-state index contributed by atoms with van der Waals surface area (Å²) in [6, 6.07) is 12.1. The first-order valence-corrected chi connectivity index (χ1v) is 9.83. The zero-order valence-electron chi connectivity index (χ0n) is 16.6. The fourth-order valence-corrected chi connectivity index (χ4v) is 3.07. The summed E-state index contributed by atoms with van der Waals surface area (Å²) < 4.78 is 16.0. The SMILES string of the molecule is COc1ccc(OC)c(NC(=O)CSc2nnc(-c3ccc(NC(C)=O)cc3)o2)c1. The number of amides is 2. The Bertz CT molecular complexity index is 1040. The summed E-state index contributed by atoms with van der Waals surface area (Å²) in [7, 11) is 3.07. The number of methoxy groups -OCH3 is 2. The summed E-state index contributed by atoms with van der Waals surface area (Å²) in [6.45, 7) is 1.44. The third-order valence-corrected chi connectivity index (χ3v) is 4.68. The number of benzene rings is 2. The molecule has 9 nitrogen and oxygen atoms in total. The standard InChI is InChI=1S/C20H20N4O5S/c1-12(25)21-14-6-4-13(5-7-14)19-23-24-20(29-19)30-11-18(26)22-16-10-15(27-2)8-9-17(16)28-3/h4-10H,11H2,1-3H3,(H,21,25)(H,22,26). The van der Waals surface area contributed by atoms with Gasteiger partial charge in [-0.1, -0.05) is 11.8 Å². The van der Waals surface area contributed by atoms with Crippen molar-refractivity contribution in [3.05, 3.63) is 42.5 Å². The molecule has 0 saturated carbocycles. The third kappa shape index (κ3) is 5.51. The average Bonchev–Trinajstić information content (AvgIpc) is 3.21. The van der Waals surface area contributed by atoms with Crippen LogP contribution < -0.4 is 20.1 Å². The number of hydrogen-bond acceptors (Lipinski definition) is 8. The van der Waals surface area contributed by atoms with Gasteiger partial charge in [-0.3, -0.25) is 9.59 Å². The molecule has 30 heavy (non-hydrogen) atoms. The van der Waals surface area contributed by atoms with Crippen LogP contribution in [-0.2, 0) is 9.59 Å². The van der Waals surface area contributed by atoms with Gasteiger partial charge in [-0.2, -0.15) is 0 Å². The lowest BCUT2D eigenvalue weighted by molar-refractivity contribution is -0.114. The molecule has 3 rings (SSSR count). The highest BCUT2D eigenvalue weighted by molar-refractivity contribution is 7.99. The van der Waals surface area contributed by atoms with Crippen molar-refractivity contribution in [3.63, 3.8) is 0 Å². The van der Waals surface area contributed by atoms with Crippen LogP contribution >= 0.6 is 11.8 Å². The van der Waals surface area contributed by atoms with E-state index in [9.17, 15) is 9.59 Å². The number of ether oxygens (including phenoxy) is 2. The Balaban J connectivity index is 1.59. The number of aromatic nitrogens is 2. The average molecular weight is 428 g/mol. The van der Waals surface area contributed by atoms with Gasteiger partial charge in [0, 0.05) is 24.2 Å². The zero-order chi connectivity index (χ0) is 21.5. The summed E-state index contributed by atoms with van der Waals surface area (Å²) in [5, 5.41) is 13.7. The van der Waals surface area contributed by atoms with Crippen molar-refractivity contribution in [2.45, 2.75) is 12.1 Å². The van der Waals surface area contributed by atoms with E-state index in [1.807, 2.05) is 0 Å². The van der Waals surface area contributed by atoms with Crippen molar-refractivity contribution in [3.8, 4) is 23.0 Å². The first kappa shape index (κ1) is 21.2. The van der Waals surface area contributed by atoms with E-state index in [-0.39, 0.29) is 22.8 Å². The van der Waals surface area contributed by atoms with Gasteiger partial charge < -0.3 is 24.5 Å². The van der Waals surface area contributed by atoms with Crippen LogP contribution in [0.4, 0.5) is 11.4 Å². The van der Waals surface area contributed by atoms with E-state index in [4.69, 9.17) is 13.9 Å². The lowest BCUT2D eigenvalue weighted by Crippen LogP contribution is -2.14. The highest BCUT2D eigenvalue weighted by Gasteiger charge is 2.13. The molecule has 156 valence electrons. The van der Waals surface area contributed by atoms with E-state index >= 15 is 0 Å². The number of carbonyl (C=O) groups excluding carboxylic acids is 2. The monoisotopic (exact) mass is 428 g/mol. The minimum absolute atomic E-state index is 0.0729. The van der Waals surface area contributed by atoms with Crippen LogP contribution in [0, 0.1) is 0 Å². The van der Waals surface area contributed by atoms with Crippen LogP contribution in [0.2, 0.25) is 0 Å². The van der Waals surface area contributed by atoms with E-state index < -0.39 is 0 Å². The number of thioether (sulfide) groups is 1. The molecular formula is C20H20N4O5S. The number of nitrogens with zero attached hydrogens (tertiary/aromatic N) is 2. The van der Waals surface area contributed by atoms with Crippen LogP contribution in [0.5, 0.6) is 11.5 Å². The molecular weight excluding hydrogens is 408 g/mol. The first-order valence-electron chi connectivity index (χ1n) is 8.84. The molecule has 2 N–H and O–H groups in total. The van der Waals surface area contributed by atoms with Crippen molar-refractivity contribution in [2.24, 2.45) is 0 Å². The maximum Gasteiger partial charge on any atom is 0.277 e. The summed E-state index contributed by atoms with van der Waals surface area (Å²) >= 11 is 1.12. The Morgan fingerprint density at radius 2 is 1.80 bits per heavy atom. The van der Waals surface area contributed by atoms with Gasteiger partial charge in [0.1, 0.15) is 11.5 Å². The summed E-state index contributed by atoms with van der Waals surface area (Å²) in [6.07, 6.45) is 0. The molecule has 2 amide bonds. The second kappa shape index (κ2) is 9.79. The quantitative estimate of drug-likeness (QED) is 0.524. The van der Waals surface area contributed by atoms with E-state index in [0.717, 1.165) is 11.8 Å². The molecule has 1 aromatic heterocycles. The maximum absolute atomic E-state index is 12.3. The van der Waals surface area contributed by atoms with Crippen LogP contribution in [0.3, 0.4) is 0 Å². The van der Waals surface area contributed by atoms with Gasteiger partial charge in [-0.25, -0.2) is 0 Å². The highest BCUT2D eigenvalue weighted by atomic mass is 32.2. The molecule has 0 spiro atoms. The summed E-state index contributed by atoms with van der Waals surface area (Å²) in [5.74, 6) is 1.11. The smallest absolute Gasteiger partial charge is 0.277 e. The van der Waals surface area contributed by atoms with E-state index in [2.05, 4.69) is 20.8 Å². The number of carbonyl (C=O) groups is 2. The highest BCUT2D eigenvalue weighted by Crippen LogP contribution is 2.29. The molecule has 0 aliphatic rings. The fraction of sp³-hybridized carbons (Fsp3) is 0.200. The normalized spacial score (nSPS) is 10.4. The summed E-state index contributed by atoms with van der Waals surface area (Å²) in [4.78, 5) is 23.4. The number of rotatable bonds is 8. The Kier molecular flexibility index (Phi) is 6.91. The lowest BCUT2D eigenvalue weighted by atomic mass is 10.2. The van der Waals surface area contributed by atoms with Crippen LogP contribution in [0.1, 0.15) is 6.92 Å². The molecule has 0 aliphatic heterocycles. The Morgan fingerprint density at radius 1 is 1.03 bits per heavy atom. The van der Waals surface area contributed by atoms with Crippen molar-refractivity contribution in [2.75, 3.05) is 30.6 Å². The van der Waals surface area contributed by atoms with Crippen molar-refractivity contribution < 1.29 is 23.5 Å². The molecule has 1 heterocycles. The Hall–Kier alpha value is -3.53. The second-order valence-corrected chi connectivity index (χ2v) is 6.96. The Morgan fingerprint density at radius 3 is 2.47 bits per heavy atom. The summed E-state index contributed by atoms with van der Waals surface area (Å²) in [5.41, 5.74) is 1.88. The van der Waals surface area contributed by atoms with Crippen LogP contribution in [0.15, 0.2) is 52.1 Å². The van der Waals surface area contributed by atoms with Gasteiger partial charge in [0.15, 0.2) is 0 Å². The molecule has 10 heteroatoms. The van der Waals surface area contributed by atoms with Crippen LogP contribution in [-0.4, -0.2) is 42.0 Å². The zero-order valence-corrected chi connectivity index (χ0v) is 17.4. The molecule has 0 bridgehead atoms. The van der Waals surface area contributed by atoms with Gasteiger partial charge in [0.25, 0.3) is 5.22 Å². The predicted molar refractivity (Wildman–Crippen MR) is 113 cm³/mol. The number of nitrogens with one attached hydrogen (secondary N) is 2. The van der Waals surface area contributed by atoms with Gasteiger partial charge in [-0.15, -0.1) is 10.2 Å². The third-order valence-electron chi connectivity index (χ3n) is 3.87. The Labute approximate surface area is 177 Å². The van der Waals surface area contributed by atoms with Gasteiger partial charge in [0.2, 0.25) is 17.7 Å². The topological polar surface area (TPSA) is 116 Å². The molecule has 0 unspecified atom stereocenters. The van der Waals surface area contributed by atoms with Crippen LogP contribution in [0.25, 0.3) is 11.5 Å². The molecule has 2 aromatic carbocycles. The second-order valence-electron chi connectivity index (χ2n) is 6.03. The number of anilines is 2. The predicted octanol–water partition coefficient (Wildman–Crippen LogP) is 3.44. The molecule has 0 fully saturated rings. The lowest BCUT2D eigenvalue weighted by Gasteiger charge is -2.11. The molecule has 0 saturated heterocycles. The van der Waals surface area contributed by atoms with Gasteiger partial charge in [0.05, 0.1) is 25.7 Å². The van der Waals surface area contributed by atoms with E-state index in [1.54, 1.807) is 49.6 Å². The van der Waals surface area contributed by atoms with E-state index in [0.29, 0.717) is 34.3 Å². The minimum atomic E-state index is -0.258. The molecule has 3 aromatic rings. The fourth-order valence-electron chi connectivity index (χ4n) is 2.51. The van der Waals surface area contributed by atoms with Crippen molar-refractivity contribution in [1.82, 2.24) is 10.2 Å². The maximum atomic E-state index is 12.3. The molecule has 0 atom stereocenters. The largest absolute Gasteiger partial charge is 0.497 e. The van der Waals surface area contributed by atoms with Gasteiger partial charge >= 0.3 is 0 Å². The molecule has 0 aliphatic carbocycles. The first-order chi connectivity index (χ1) is 14.5. The van der Waals surface area contributed by atoms with Crippen molar-refractivity contribution in [1.29, 1.82) is 0 Å². The minimum Gasteiger partial charge on any atom is -0.497 e. The van der Waals surface area contributed by atoms with Crippen molar-refractivity contribution >= 4 is 35.0 Å². The van der Waals surface area contributed by atoms with E-state index in [1.165, 1.54) is 14.0 Å². The number of hydrogen-bond donors (Lipinski definition) is 2.